The van der Waals surface area contributed by atoms with Crippen molar-refractivity contribution < 1.29 is 9.47 Å². The second-order valence-corrected chi connectivity index (χ2v) is 5.69. The summed E-state index contributed by atoms with van der Waals surface area (Å²) in [6.07, 6.45) is 6.84. The Hall–Kier alpha value is -0.160. The predicted molar refractivity (Wildman–Crippen MR) is 66.2 cm³/mol. The molecule has 17 heavy (non-hydrogen) atoms. The largest absolute Gasteiger partial charge is 0.372 e. The van der Waals surface area contributed by atoms with E-state index in [0.717, 1.165) is 26.2 Å². The summed E-state index contributed by atoms with van der Waals surface area (Å²) in [7, 11) is 2.00. The second-order valence-electron chi connectivity index (χ2n) is 5.69. The molecule has 0 spiro atoms. The first kappa shape index (κ1) is 11.9. The molecule has 4 atom stereocenters. The molecule has 4 unspecified atom stereocenters. The van der Waals surface area contributed by atoms with Crippen LogP contribution in [0.4, 0.5) is 0 Å². The molecule has 3 aliphatic rings. The highest BCUT2D eigenvalue weighted by atomic mass is 16.5. The lowest BCUT2D eigenvalue weighted by Gasteiger charge is -2.33. The number of nitrogens with zero attached hydrogens (tertiary/aromatic N) is 1. The van der Waals surface area contributed by atoms with E-state index >= 15 is 0 Å². The molecule has 3 aliphatic heterocycles. The van der Waals surface area contributed by atoms with Crippen molar-refractivity contribution in [3.63, 3.8) is 0 Å². The Labute approximate surface area is 104 Å². The maximum Gasteiger partial charge on any atom is 0.0707 e. The Balaban J connectivity index is 1.45. The number of likely N-dealkylation sites (N-methyl/N-ethyl adjacent to an activating group) is 1. The van der Waals surface area contributed by atoms with Gasteiger partial charge >= 0.3 is 0 Å². The monoisotopic (exact) mass is 240 g/mol. The van der Waals surface area contributed by atoms with E-state index in [2.05, 4.69) is 10.2 Å². The quantitative estimate of drug-likeness (QED) is 0.781. The van der Waals surface area contributed by atoms with Gasteiger partial charge in [0.1, 0.15) is 0 Å². The highest BCUT2D eigenvalue weighted by Crippen LogP contribution is 2.28. The molecule has 3 rings (SSSR count). The Bertz CT molecular complexity index is 250. The number of nitrogens with one attached hydrogen (secondary N) is 1. The van der Waals surface area contributed by atoms with Crippen LogP contribution in [0.5, 0.6) is 0 Å². The summed E-state index contributed by atoms with van der Waals surface area (Å²) in [6.45, 7) is 4.33. The van der Waals surface area contributed by atoms with Crippen LogP contribution >= 0.6 is 0 Å². The van der Waals surface area contributed by atoms with Crippen LogP contribution in [0.3, 0.4) is 0 Å². The van der Waals surface area contributed by atoms with Crippen LogP contribution in [0.15, 0.2) is 0 Å². The van der Waals surface area contributed by atoms with Gasteiger partial charge in [0.15, 0.2) is 0 Å². The van der Waals surface area contributed by atoms with Gasteiger partial charge in [0.05, 0.1) is 24.4 Å². The van der Waals surface area contributed by atoms with Gasteiger partial charge in [0.2, 0.25) is 0 Å². The Morgan fingerprint density at radius 1 is 1.00 bits per heavy atom. The van der Waals surface area contributed by atoms with Crippen LogP contribution in [0.2, 0.25) is 0 Å². The number of fused-ring (bicyclic) bond motifs is 2. The third-order valence-electron chi connectivity index (χ3n) is 4.21. The molecule has 3 fully saturated rings. The van der Waals surface area contributed by atoms with Crippen LogP contribution in [0.1, 0.15) is 25.7 Å². The van der Waals surface area contributed by atoms with Crippen molar-refractivity contribution in [2.45, 2.75) is 50.1 Å². The van der Waals surface area contributed by atoms with Crippen molar-refractivity contribution in [3.05, 3.63) is 0 Å². The molecule has 2 bridgehead atoms. The van der Waals surface area contributed by atoms with Gasteiger partial charge < -0.3 is 14.8 Å². The minimum Gasteiger partial charge on any atom is -0.372 e. The zero-order valence-corrected chi connectivity index (χ0v) is 10.7. The number of hydrogen-bond acceptors (Lipinski definition) is 4. The zero-order chi connectivity index (χ0) is 11.7. The molecule has 4 heteroatoms. The number of ether oxygens (including phenoxy) is 2. The van der Waals surface area contributed by atoms with Gasteiger partial charge in [-0.15, -0.1) is 0 Å². The molecule has 3 saturated heterocycles. The third kappa shape index (κ3) is 2.81. The minimum atomic E-state index is 0.433. The molecule has 0 aromatic heterocycles. The Morgan fingerprint density at radius 3 is 2.41 bits per heavy atom. The highest BCUT2D eigenvalue weighted by Gasteiger charge is 2.35. The van der Waals surface area contributed by atoms with Gasteiger partial charge in [-0.3, -0.25) is 4.90 Å². The van der Waals surface area contributed by atoms with Gasteiger partial charge in [-0.1, -0.05) is 0 Å². The summed E-state index contributed by atoms with van der Waals surface area (Å²) in [5, 5.41) is 3.20. The van der Waals surface area contributed by atoms with Crippen molar-refractivity contribution in [3.8, 4) is 0 Å². The fourth-order valence-electron chi connectivity index (χ4n) is 3.43. The van der Waals surface area contributed by atoms with Crippen LogP contribution < -0.4 is 5.32 Å². The first-order valence-corrected chi connectivity index (χ1v) is 7.01. The Morgan fingerprint density at radius 2 is 1.71 bits per heavy atom. The minimum absolute atomic E-state index is 0.433. The summed E-state index contributed by atoms with van der Waals surface area (Å²) < 4.78 is 11.9. The van der Waals surface area contributed by atoms with Gasteiger partial charge in [-0.25, -0.2) is 0 Å². The standard InChI is InChI=1S/C13H24N2O2/c1-14-6-10-2-3-11(16-10)7-15-8-12-4-5-13(9-15)17-12/h10-14H,2-9H2,1H3. The molecule has 0 aliphatic carbocycles. The lowest BCUT2D eigenvalue weighted by atomic mass is 10.1. The predicted octanol–water partition coefficient (Wildman–Crippen LogP) is 0.617. The van der Waals surface area contributed by atoms with E-state index in [4.69, 9.17) is 9.47 Å². The molecular weight excluding hydrogens is 216 g/mol. The van der Waals surface area contributed by atoms with Crippen molar-refractivity contribution in [1.82, 2.24) is 10.2 Å². The van der Waals surface area contributed by atoms with Gasteiger partial charge in [-0.2, -0.15) is 0 Å². The van der Waals surface area contributed by atoms with Crippen LogP contribution in [0.25, 0.3) is 0 Å². The second kappa shape index (κ2) is 5.22. The summed E-state index contributed by atoms with van der Waals surface area (Å²) in [6, 6.07) is 0. The van der Waals surface area contributed by atoms with Crippen LogP contribution in [0, 0.1) is 0 Å². The van der Waals surface area contributed by atoms with E-state index in [1.54, 1.807) is 0 Å². The number of hydrogen-bond donors (Lipinski definition) is 1. The smallest absolute Gasteiger partial charge is 0.0707 e. The lowest BCUT2D eigenvalue weighted by Crippen LogP contribution is -2.45. The molecule has 0 aromatic rings. The first-order valence-electron chi connectivity index (χ1n) is 7.01. The summed E-state index contributed by atoms with van der Waals surface area (Å²) in [4.78, 5) is 2.55. The number of likely N-dealkylation sites (tertiary alicyclic amines) is 1. The van der Waals surface area contributed by atoms with Crippen molar-refractivity contribution >= 4 is 0 Å². The zero-order valence-electron chi connectivity index (χ0n) is 10.7. The summed E-state index contributed by atoms with van der Waals surface area (Å²) in [5.41, 5.74) is 0. The molecule has 0 saturated carbocycles. The average molecular weight is 240 g/mol. The molecule has 0 radical (unpaired) electrons. The summed E-state index contributed by atoms with van der Waals surface area (Å²) in [5.74, 6) is 0. The van der Waals surface area contributed by atoms with E-state index in [1.807, 2.05) is 7.05 Å². The van der Waals surface area contributed by atoms with E-state index in [9.17, 15) is 0 Å². The normalized spacial score (nSPS) is 42.2. The van der Waals surface area contributed by atoms with Crippen molar-refractivity contribution in [2.24, 2.45) is 0 Å². The SMILES string of the molecule is CNCC1CCC(CN2CC3CCC(C2)O3)O1. The summed E-state index contributed by atoms with van der Waals surface area (Å²) >= 11 is 0. The van der Waals surface area contributed by atoms with E-state index < -0.39 is 0 Å². The molecular formula is C13H24N2O2. The average Bonchev–Trinajstić information content (AvgIpc) is 2.87. The maximum atomic E-state index is 6.05. The van der Waals surface area contributed by atoms with Crippen LogP contribution in [-0.4, -0.2) is 62.5 Å². The highest BCUT2D eigenvalue weighted by molar-refractivity contribution is 4.87. The molecule has 1 N–H and O–H groups in total. The molecule has 98 valence electrons. The molecule has 4 nitrogen and oxygen atoms in total. The first-order chi connectivity index (χ1) is 8.33. The van der Waals surface area contributed by atoms with Gasteiger partial charge in [-0.05, 0) is 32.7 Å². The molecule has 0 amide bonds. The third-order valence-corrected chi connectivity index (χ3v) is 4.21. The van der Waals surface area contributed by atoms with Crippen molar-refractivity contribution in [1.29, 1.82) is 0 Å². The fraction of sp³-hybridized carbons (Fsp3) is 1.00. The van der Waals surface area contributed by atoms with E-state index in [-0.39, 0.29) is 0 Å². The van der Waals surface area contributed by atoms with E-state index in [1.165, 1.54) is 25.7 Å². The lowest BCUT2D eigenvalue weighted by molar-refractivity contribution is -0.0571. The van der Waals surface area contributed by atoms with Crippen LogP contribution in [-0.2, 0) is 9.47 Å². The van der Waals surface area contributed by atoms with Crippen molar-refractivity contribution in [2.75, 3.05) is 33.2 Å². The maximum absolute atomic E-state index is 6.05. The topological polar surface area (TPSA) is 33.7 Å². The number of rotatable bonds is 4. The fourth-order valence-corrected chi connectivity index (χ4v) is 3.43. The molecule has 0 aromatic carbocycles. The number of morpholine rings is 1. The molecule has 3 heterocycles. The van der Waals surface area contributed by atoms with Gasteiger partial charge in [0.25, 0.3) is 0 Å². The Kier molecular flexibility index (Phi) is 3.66. The van der Waals surface area contributed by atoms with Gasteiger partial charge in [0, 0.05) is 26.2 Å². The van der Waals surface area contributed by atoms with E-state index in [0.29, 0.717) is 24.4 Å².